The molecule has 6 N–H and O–H groups in total. The lowest BCUT2D eigenvalue weighted by Crippen LogP contribution is -2.24. The second-order valence-electron chi connectivity index (χ2n) is 8.39. The van der Waals surface area contributed by atoms with Gasteiger partial charge < -0.3 is 26.0 Å². The number of nitrogens with zero attached hydrogens (tertiary/aromatic N) is 3. The predicted molar refractivity (Wildman–Crippen MR) is 129 cm³/mol. The van der Waals surface area contributed by atoms with Crippen LogP contribution in [0.5, 0.6) is 0 Å². The number of benzene rings is 3. The predicted octanol–water partition coefficient (Wildman–Crippen LogP) is 2.39. The largest absolute Gasteiger partial charge is 0.394 e. The van der Waals surface area contributed by atoms with Crippen LogP contribution in [0.3, 0.4) is 0 Å². The number of aliphatic hydroxyl groups excluding tert-OH is 2. The van der Waals surface area contributed by atoms with Gasteiger partial charge in [-0.05, 0) is 33.7 Å². The van der Waals surface area contributed by atoms with Crippen LogP contribution in [0, 0.1) is 0 Å². The molecule has 3 atom stereocenters. The smallest absolute Gasteiger partial charge is 0.280 e. The van der Waals surface area contributed by atoms with Crippen LogP contribution >= 0.6 is 0 Å². The third kappa shape index (κ3) is 3.27. The van der Waals surface area contributed by atoms with E-state index in [1.165, 1.54) is 0 Å². The SMILES string of the molecule is Nc1nc2c(nc(Nc3ccc4c(ccc5ccccc54)c3)n2[C@H]2C[C@H](O)[C@@H](CO)O2)c(=O)[nH]1. The first-order chi connectivity index (χ1) is 16.5. The van der Waals surface area contributed by atoms with Crippen LogP contribution in [-0.2, 0) is 4.74 Å². The first kappa shape index (κ1) is 20.6. The lowest BCUT2D eigenvalue weighted by molar-refractivity contribution is -0.0425. The number of nitrogens with one attached hydrogen (secondary N) is 2. The van der Waals surface area contributed by atoms with Gasteiger partial charge in [0.05, 0.1) is 12.7 Å². The summed E-state index contributed by atoms with van der Waals surface area (Å²) in [6, 6.07) is 18.3. The average Bonchev–Trinajstić information content (AvgIpc) is 3.38. The van der Waals surface area contributed by atoms with Gasteiger partial charge in [-0.1, -0.05) is 42.5 Å². The van der Waals surface area contributed by atoms with Crippen LogP contribution in [0.15, 0.2) is 59.4 Å². The maximum absolute atomic E-state index is 12.5. The standard InChI is InChI=1S/C24H22N6O4/c25-23-28-21-20(22(33)29-23)27-24(30(21)19-10-17(32)18(11-31)34-19)26-14-7-8-16-13(9-14)6-5-12-3-1-2-4-15(12)16/h1-9,17-19,31-32H,10-11H2,(H,26,27)(H3,25,28,29,33)/t17-,18+,19+/m0/s1. The molecule has 0 radical (unpaired) electrons. The number of nitrogen functional groups attached to an aromatic ring is 1. The molecular formula is C24H22N6O4. The molecule has 172 valence electrons. The molecule has 3 aromatic carbocycles. The van der Waals surface area contributed by atoms with E-state index in [0.29, 0.717) is 5.95 Å². The molecule has 1 fully saturated rings. The average molecular weight is 458 g/mol. The molecule has 0 spiro atoms. The van der Waals surface area contributed by atoms with Gasteiger partial charge in [-0.15, -0.1) is 0 Å². The lowest BCUT2D eigenvalue weighted by Gasteiger charge is -2.17. The molecule has 1 saturated heterocycles. The summed E-state index contributed by atoms with van der Waals surface area (Å²) >= 11 is 0. The molecule has 0 amide bonds. The van der Waals surface area contributed by atoms with Gasteiger partial charge in [0.15, 0.2) is 11.2 Å². The maximum Gasteiger partial charge on any atom is 0.280 e. The molecule has 0 aliphatic carbocycles. The molecule has 10 nitrogen and oxygen atoms in total. The van der Waals surface area contributed by atoms with Gasteiger partial charge in [0.25, 0.3) is 5.56 Å². The highest BCUT2D eigenvalue weighted by molar-refractivity contribution is 6.08. The Morgan fingerprint density at radius 1 is 1.12 bits per heavy atom. The normalized spacial score (nSPS) is 20.5. The molecule has 1 aliphatic heterocycles. The number of hydrogen-bond acceptors (Lipinski definition) is 8. The maximum atomic E-state index is 12.5. The van der Waals surface area contributed by atoms with E-state index in [1.54, 1.807) is 4.57 Å². The number of hydrogen-bond donors (Lipinski definition) is 5. The van der Waals surface area contributed by atoms with Crippen molar-refractivity contribution in [2.75, 3.05) is 17.7 Å². The Kier molecular flexibility index (Phi) is 4.73. The molecule has 0 saturated carbocycles. The second-order valence-corrected chi connectivity index (χ2v) is 8.39. The van der Waals surface area contributed by atoms with Crippen molar-refractivity contribution in [1.82, 2.24) is 19.5 Å². The Bertz CT molecular complexity index is 1610. The van der Waals surface area contributed by atoms with Crippen molar-refractivity contribution >= 4 is 50.3 Å². The van der Waals surface area contributed by atoms with Gasteiger partial charge in [-0.2, -0.15) is 4.98 Å². The fraction of sp³-hybridized carbons (Fsp3) is 0.208. The van der Waals surface area contributed by atoms with Gasteiger partial charge >= 0.3 is 0 Å². The number of anilines is 3. The fourth-order valence-corrected chi connectivity index (χ4v) is 4.62. The van der Waals surface area contributed by atoms with E-state index in [9.17, 15) is 15.0 Å². The first-order valence-electron chi connectivity index (χ1n) is 10.9. The Labute approximate surface area is 192 Å². The number of H-pyrrole nitrogens is 1. The van der Waals surface area contributed by atoms with Crippen LogP contribution in [0.4, 0.5) is 17.6 Å². The van der Waals surface area contributed by atoms with Crippen molar-refractivity contribution in [3.8, 4) is 0 Å². The Morgan fingerprint density at radius 2 is 1.91 bits per heavy atom. The molecule has 5 aromatic rings. The van der Waals surface area contributed by atoms with Gasteiger partial charge in [0.1, 0.15) is 12.3 Å². The van der Waals surface area contributed by atoms with E-state index in [4.69, 9.17) is 10.5 Å². The molecular weight excluding hydrogens is 436 g/mol. The zero-order valence-corrected chi connectivity index (χ0v) is 18.0. The summed E-state index contributed by atoms with van der Waals surface area (Å²) < 4.78 is 7.44. The summed E-state index contributed by atoms with van der Waals surface area (Å²) in [7, 11) is 0. The van der Waals surface area contributed by atoms with E-state index in [1.807, 2.05) is 30.3 Å². The zero-order valence-electron chi connectivity index (χ0n) is 18.0. The third-order valence-electron chi connectivity index (χ3n) is 6.24. The Hall–Kier alpha value is -3.99. The molecule has 6 rings (SSSR count). The molecule has 1 aliphatic rings. The van der Waals surface area contributed by atoms with E-state index in [-0.39, 0.29) is 30.1 Å². The molecule has 0 unspecified atom stereocenters. The molecule has 10 heteroatoms. The Morgan fingerprint density at radius 3 is 2.74 bits per heavy atom. The highest BCUT2D eigenvalue weighted by Gasteiger charge is 2.37. The zero-order chi connectivity index (χ0) is 23.4. The summed E-state index contributed by atoms with van der Waals surface area (Å²) in [5.41, 5.74) is 6.37. The number of rotatable bonds is 4. The van der Waals surface area contributed by atoms with Crippen LogP contribution in [0.1, 0.15) is 12.6 Å². The van der Waals surface area contributed by atoms with Crippen LogP contribution in [0.2, 0.25) is 0 Å². The quantitative estimate of drug-likeness (QED) is 0.258. The van der Waals surface area contributed by atoms with Crippen molar-refractivity contribution in [1.29, 1.82) is 0 Å². The number of aromatic nitrogens is 4. The number of ether oxygens (including phenoxy) is 1. The van der Waals surface area contributed by atoms with Crippen LogP contribution in [-0.4, -0.2) is 48.5 Å². The summed E-state index contributed by atoms with van der Waals surface area (Å²) in [4.78, 5) is 23.7. The minimum atomic E-state index is -0.867. The topological polar surface area (TPSA) is 151 Å². The minimum Gasteiger partial charge on any atom is -0.394 e. The molecule has 0 bridgehead atoms. The minimum absolute atomic E-state index is 0.0555. The van der Waals surface area contributed by atoms with Crippen molar-refractivity contribution in [3.05, 3.63) is 65.0 Å². The summed E-state index contributed by atoms with van der Waals surface area (Å²) in [6.45, 7) is -0.332. The van der Waals surface area contributed by atoms with Gasteiger partial charge in [0, 0.05) is 12.1 Å². The van der Waals surface area contributed by atoms with Crippen LogP contribution < -0.4 is 16.6 Å². The third-order valence-corrected chi connectivity index (χ3v) is 6.24. The number of aromatic amines is 1. The lowest BCUT2D eigenvalue weighted by atomic mass is 10.0. The second kappa shape index (κ2) is 7.80. The number of aliphatic hydroxyl groups is 2. The molecule has 2 aromatic heterocycles. The summed E-state index contributed by atoms with van der Waals surface area (Å²) in [5, 5.41) is 27.5. The van der Waals surface area contributed by atoms with E-state index in [0.717, 1.165) is 27.2 Å². The summed E-state index contributed by atoms with van der Waals surface area (Å²) in [6.07, 6.45) is -2.11. The summed E-state index contributed by atoms with van der Waals surface area (Å²) in [5.74, 6) is 0.259. The van der Waals surface area contributed by atoms with Crippen molar-refractivity contribution < 1.29 is 14.9 Å². The van der Waals surface area contributed by atoms with Crippen molar-refractivity contribution in [2.45, 2.75) is 24.9 Å². The Balaban J connectivity index is 1.47. The van der Waals surface area contributed by atoms with E-state index in [2.05, 4.69) is 44.5 Å². The van der Waals surface area contributed by atoms with Crippen LogP contribution in [0.25, 0.3) is 32.7 Å². The molecule has 3 heterocycles. The van der Waals surface area contributed by atoms with Gasteiger partial charge in [-0.3, -0.25) is 14.3 Å². The monoisotopic (exact) mass is 458 g/mol. The highest BCUT2D eigenvalue weighted by Crippen LogP contribution is 2.35. The highest BCUT2D eigenvalue weighted by atomic mass is 16.5. The van der Waals surface area contributed by atoms with E-state index < -0.39 is 24.0 Å². The van der Waals surface area contributed by atoms with Gasteiger partial charge in [0.2, 0.25) is 11.9 Å². The number of nitrogens with two attached hydrogens (primary N) is 1. The van der Waals surface area contributed by atoms with Crippen molar-refractivity contribution in [2.24, 2.45) is 0 Å². The van der Waals surface area contributed by atoms with E-state index >= 15 is 0 Å². The fourth-order valence-electron chi connectivity index (χ4n) is 4.62. The van der Waals surface area contributed by atoms with Crippen molar-refractivity contribution in [3.63, 3.8) is 0 Å². The molecule has 34 heavy (non-hydrogen) atoms. The number of fused-ring (bicyclic) bond motifs is 4. The first-order valence-corrected chi connectivity index (χ1v) is 10.9. The van der Waals surface area contributed by atoms with Gasteiger partial charge in [-0.25, -0.2) is 4.98 Å². The number of imidazole rings is 1.